The summed E-state index contributed by atoms with van der Waals surface area (Å²) in [6.07, 6.45) is 35.2. The Morgan fingerprint density at radius 3 is 2.48 bits per heavy atom. The predicted molar refractivity (Wildman–Crippen MR) is 227 cm³/mol. The Kier molecular flexibility index (Phi) is 7.86. The van der Waals surface area contributed by atoms with Crippen LogP contribution in [0, 0.1) is 11.8 Å². The predicted octanol–water partition coefficient (Wildman–Crippen LogP) is 12.2. The number of nitrogens with one attached hydrogen (secondary N) is 1. The number of anilines is 1. The van der Waals surface area contributed by atoms with E-state index in [0.29, 0.717) is 11.2 Å². The molecular formula is C50H43N3S. The van der Waals surface area contributed by atoms with Crippen LogP contribution in [-0.2, 0) is 0 Å². The van der Waals surface area contributed by atoms with E-state index in [2.05, 4.69) is 174 Å². The molecule has 5 aliphatic carbocycles. The molecule has 11 rings (SSSR count). The molecule has 5 atom stereocenters. The summed E-state index contributed by atoms with van der Waals surface area (Å²) in [5.74, 6) is 1.60. The van der Waals surface area contributed by atoms with Crippen molar-refractivity contribution in [3.63, 3.8) is 0 Å². The number of hydrogen-bond acceptors (Lipinski definition) is 4. The van der Waals surface area contributed by atoms with E-state index in [0.717, 1.165) is 31.6 Å². The van der Waals surface area contributed by atoms with Gasteiger partial charge in [0.15, 0.2) is 0 Å². The van der Waals surface area contributed by atoms with E-state index >= 15 is 0 Å². The summed E-state index contributed by atoms with van der Waals surface area (Å²) in [5, 5.41) is 4.41. The molecule has 0 amide bonds. The summed E-state index contributed by atoms with van der Waals surface area (Å²) in [6, 6.07) is 28.7. The molecule has 0 saturated heterocycles. The van der Waals surface area contributed by atoms with Crippen molar-refractivity contribution in [2.24, 2.45) is 16.8 Å². The third kappa shape index (κ3) is 5.45. The Morgan fingerprint density at radius 2 is 1.59 bits per heavy atom. The second-order valence-electron chi connectivity index (χ2n) is 15.6. The number of para-hydroxylation sites is 1. The number of hydrogen-bond donors (Lipinski definition) is 1. The lowest BCUT2D eigenvalue weighted by Gasteiger charge is -2.37. The third-order valence-corrected chi connectivity index (χ3v) is 13.9. The Hall–Kier alpha value is -5.32. The zero-order valence-corrected chi connectivity index (χ0v) is 31.2. The van der Waals surface area contributed by atoms with Gasteiger partial charge in [-0.15, -0.1) is 11.8 Å². The van der Waals surface area contributed by atoms with Gasteiger partial charge in [-0.3, -0.25) is 0 Å². The minimum absolute atomic E-state index is 0.0411. The van der Waals surface area contributed by atoms with Gasteiger partial charge in [-0.2, -0.15) is 0 Å². The zero-order valence-electron chi connectivity index (χ0n) is 30.4. The zero-order chi connectivity index (χ0) is 35.6. The molecule has 0 radical (unpaired) electrons. The van der Waals surface area contributed by atoms with Gasteiger partial charge in [-0.05, 0) is 94.7 Å². The number of fused-ring (bicyclic) bond motifs is 5. The molecule has 1 N–H and O–H groups in total. The Bertz CT molecular complexity index is 2410. The van der Waals surface area contributed by atoms with E-state index in [1.54, 1.807) is 11.1 Å². The van der Waals surface area contributed by atoms with Crippen LogP contribution in [0.5, 0.6) is 0 Å². The summed E-state index contributed by atoms with van der Waals surface area (Å²) in [5.41, 5.74) is 16.7. The number of allylic oxidation sites excluding steroid dienone is 14. The van der Waals surface area contributed by atoms with Crippen LogP contribution in [0.3, 0.4) is 0 Å². The fraction of sp³-hybridized carbons (Fsp3) is 0.220. The molecule has 0 bridgehead atoms. The van der Waals surface area contributed by atoms with Crippen LogP contribution in [0.15, 0.2) is 195 Å². The van der Waals surface area contributed by atoms with E-state index in [-0.39, 0.29) is 18.0 Å². The normalized spacial score (nSPS) is 27.5. The molecule has 3 heterocycles. The van der Waals surface area contributed by atoms with Gasteiger partial charge in [0.2, 0.25) is 5.96 Å². The lowest BCUT2D eigenvalue weighted by Crippen LogP contribution is -2.43. The van der Waals surface area contributed by atoms with E-state index in [1.807, 2.05) is 0 Å². The number of nitrogens with zero attached hydrogens (tertiary/aromatic N) is 2. The molecule has 4 heteroatoms. The van der Waals surface area contributed by atoms with Crippen LogP contribution >= 0.6 is 11.8 Å². The standard InChI is InChI=1S/C50H43N3S/c1-2-10-32(11-3-1)33-18-20-34(21-19-33)35-22-24-36(25-23-35)49-42-14-4-7-15-44(42)51-50(52-49)53-45-16-8-5-12-39(45)43-30-37(27-29-46(43)53)38-26-28-41-40-13-6-9-17-47(40)54-48(41)31-38/h1-5,7-12,14-24,26,28,30,36,39,45,48-49H,6,13,25,27,29,31H2,(H,51,52). The Morgan fingerprint density at radius 1 is 0.759 bits per heavy atom. The third-order valence-electron chi connectivity index (χ3n) is 12.6. The number of thioether (sulfide) groups is 1. The van der Waals surface area contributed by atoms with E-state index < -0.39 is 0 Å². The largest absolute Gasteiger partial charge is 0.326 e. The summed E-state index contributed by atoms with van der Waals surface area (Å²) in [7, 11) is 0. The molecule has 0 saturated carbocycles. The quantitative estimate of drug-likeness (QED) is 0.291. The van der Waals surface area contributed by atoms with Gasteiger partial charge >= 0.3 is 0 Å². The first kappa shape index (κ1) is 32.1. The molecule has 3 aromatic carbocycles. The van der Waals surface area contributed by atoms with Crippen molar-refractivity contribution in [2.45, 2.75) is 55.9 Å². The molecule has 0 fully saturated rings. The summed E-state index contributed by atoms with van der Waals surface area (Å²) < 4.78 is 0. The van der Waals surface area contributed by atoms with Crippen LogP contribution in [0.1, 0.15) is 55.7 Å². The minimum Gasteiger partial charge on any atom is -0.326 e. The van der Waals surface area contributed by atoms with Gasteiger partial charge in [0.1, 0.15) is 0 Å². The van der Waals surface area contributed by atoms with E-state index in [4.69, 9.17) is 4.99 Å². The van der Waals surface area contributed by atoms with Crippen molar-refractivity contribution in [2.75, 3.05) is 5.32 Å². The van der Waals surface area contributed by atoms with Gasteiger partial charge in [0.05, 0.1) is 12.1 Å². The second-order valence-corrected chi connectivity index (χ2v) is 16.9. The smallest absolute Gasteiger partial charge is 0.204 e. The Balaban J connectivity index is 0.887. The SMILES string of the molecule is C1=CC2C3=C(CCC(C4=CC=C5C6=C(C=CCC6)SC5C4)=C3)N(C3=NC(C4C=CC(c5ccc(-c6ccccc6)cc5)=CC4)c4ccccc4N3)C2C=C1. The number of rotatable bonds is 4. The van der Waals surface area contributed by atoms with Gasteiger partial charge in [0.25, 0.3) is 0 Å². The fourth-order valence-electron chi connectivity index (χ4n) is 9.87. The molecule has 3 aliphatic heterocycles. The highest BCUT2D eigenvalue weighted by atomic mass is 32.2. The first-order valence-corrected chi connectivity index (χ1v) is 20.7. The maximum atomic E-state index is 5.64. The maximum absolute atomic E-state index is 5.64. The molecule has 5 unspecified atom stereocenters. The highest BCUT2D eigenvalue weighted by Crippen LogP contribution is 2.52. The lowest BCUT2D eigenvalue weighted by atomic mass is 9.81. The molecule has 54 heavy (non-hydrogen) atoms. The van der Waals surface area contributed by atoms with Crippen molar-refractivity contribution >= 4 is 29.0 Å². The lowest BCUT2D eigenvalue weighted by molar-refractivity contribution is 0.410. The average molecular weight is 718 g/mol. The van der Waals surface area contributed by atoms with Crippen molar-refractivity contribution in [3.8, 4) is 11.1 Å². The van der Waals surface area contributed by atoms with Gasteiger partial charge in [-0.25, -0.2) is 4.99 Å². The highest BCUT2D eigenvalue weighted by molar-refractivity contribution is 8.04. The number of benzene rings is 3. The topological polar surface area (TPSA) is 27.6 Å². The molecule has 8 aliphatic rings. The Labute approximate surface area is 323 Å². The van der Waals surface area contributed by atoms with Gasteiger partial charge < -0.3 is 10.2 Å². The summed E-state index contributed by atoms with van der Waals surface area (Å²) in [6.45, 7) is 0. The van der Waals surface area contributed by atoms with Crippen molar-refractivity contribution in [3.05, 3.63) is 201 Å². The average Bonchev–Trinajstić information content (AvgIpc) is 3.79. The summed E-state index contributed by atoms with van der Waals surface area (Å²) in [4.78, 5) is 9.71. The van der Waals surface area contributed by atoms with E-state index in [9.17, 15) is 0 Å². The van der Waals surface area contributed by atoms with E-state index in [1.165, 1.54) is 73.7 Å². The molecule has 0 spiro atoms. The molecule has 3 aromatic rings. The fourth-order valence-corrected chi connectivity index (χ4v) is 11.3. The second kappa shape index (κ2) is 13.2. The van der Waals surface area contributed by atoms with Crippen LogP contribution < -0.4 is 5.32 Å². The first-order valence-electron chi connectivity index (χ1n) is 19.8. The number of aliphatic imine (C=N–C) groups is 1. The van der Waals surface area contributed by atoms with Crippen LogP contribution in [-0.4, -0.2) is 22.2 Å². The highest BCUT2D eigenvalue weighted by Gasteiger charge is 2.43. The molecule has 0 aromatic heterocycles. The van der Waals surface area contributed by atoms with Gasteiger partial charge in [0, 0.05) is 38.9 Å². The number of guanidine groups is 1. The molecule has 3 nitrogen and oxygen atoms in total. The minimum atomic E-state index is 0.0411. The molecular weight excluding hydrogens is 675 g/mol. The van der Waals surface area contributed by atoms with Crippen LogP contribution in [0.2, 0.25) is 0 Å². The van der Waals surface area contributed by atoms with Gasteiger partial charge in [-0.1, -0.05) is 146 Å². The monoisotopic (exact) mass is 717 g/mol. The maximum Gasteiger partial charge on any atom is 0.204 e. The van der Waals surface area contributed by atoms with Crippen LogP contribution in [0.4, 0.5) is 5.69 Å². The van der Waals surface area contributed by atoms with Crippen LogP contribution in [0.25, 0.3) is 16.7 Å². The van der Waals surface area contributed by atoms with Crippen molar-refractivity contribution in [1.82, 2.24) is 4.90 Å². The molecule has 264 valence electrons. The first-order chi connectivity index (χ1) is 26.7. The summed E-state index contributed by atoms with van der Waals surface area (Å²) >= 11 is 2.09. The van der Waals surface area contributed by atoms with Crippen molar-refractivity contribution < 1.29 is 0 Å². The van der Waals surface area contributed by atoms with Crippen molar-refractivity contribution in [1.29, 1.82) is 0 Å².